The van der Waals surface area contributed by atoms with Crippen LogP contribution in [0.15, 0.2) is 12.7 Å². The van der Waals surface area contributed by atoms with Gasteiger partial charge in [-0.15, -0.1) is 6.58 Å². The van der Waals surface area contributed by atoms with E-state index in [4.69, 9.17) is 0 Å². The molecule has 2 amide bonds. The lowest BCUT2D eigenvalue weighted by molar-refractivity contribution is -0.141. The molecule has 144 valence electrons. The zero-order valence-electron chi connectivity index (χ0n) is 16.4. The van der Waals surface area contributed by atoms with Crippen molar-refractivity contribution in [2.24, 2.45) is 34.5 Å². The summed E-state index contributed by atoms with van der Waals surface area (Å²) in [5.74, 6) is 2.72. The fourth-order valence-electron chi connectivity index (χ4n) is 7.43. The number of carbonyl (C=O) groups is 2. The summed E-state index contributed by atoms with van der Waals surface area (Å²) in [6.45, 7) is 9.11. The van der Waals surface area contributed by atoms with Gasteiger partial charge in [-0.25, -0.2) is 0 Å². The number of fused-ring (bicyclic) bond motifs is 5. The van der Waals surface area contributed by atoms with E-state index in [-0.39, 0.29) is 28.6 Å². The standard InChI is InChI=1S/C22H34N2O2/c1-4-13-23-20(26)17-7-6-15-14-5-8-18-22(3,12-10-19(25)24-18)16(14)9-11-21(15,17)2/h4,14-18H,1,5-13H2,2-3H3,(H,23,26)(H,24,25)/t14-,15-,16+,17?,18?,21-,22+/m0/s1. The lowest BCUT2D eigenvalue weighted by atomic mass is 9.47. The maximum Gasteiger partial charge on any atom is 0.223 e. The molecule has 3 aliphatic carbocycles. The summed E-state index contributed by atoms with van der Waals surface area (Å²) in [6, 6.07) is 0.363. The van der Waals surface area contributed by atoms with Crippen LogP contribution in [-0.4, -0.2) is 24.4 Å². The Morgan fingerprint density at radius 3 is 2.69 bits per heavy atom. The van der Waals surface area contributed by atoms with E-state index in [0.717, 1.165) is 31.6 Å². The average molecular weight is 359 g/mol. The van der Waals surface area contributed by atoms with Crippen LogP contribution in [-0.2, 0) is 9.59 Å². The van der Waals surface area contributed by atoms with Gasteiger partial charge in [-0.05, 0) is 73.5 Å². The third-order valence-electron chi connectivity index (χ3n) is 8.83. The minimum atomic E-state index is 0.146. The van der Waals surface area contributed by atoms with Crippen LogP contribution in [0.1, 0.15) is 65.2 Å². The maximum absolute atomic E-state index is 12.7. The molecular weight excluding hydrogens is 324 g/mol. The summed E-state index contributed by atoms with van der Waals surface area (Å²) in [6.07, 6.45) is 10.4. The number of nitrogens with one attached hydrogen (secondary N) is 2. The van der Waals surface area contributed by atoms with Crippen LogP contribution < -0.4 is 10.6 Å². The molecule has 4 rings (SSSR count). The molecular formula is C22H34N2O2. The molecule has 0 spiro atoms. The Bertz CT molecular complexity index is 617. The van der Waals surface area contributed by atoms with Gasteiger partial charge in [0.1, 0.15) is 0 Å². The topological polar surface area (TPSA) is 58.2 Å². The van der Waals surface area contributed by atoms with Gasteiger partial charge in [0.05, 0.1) is 0 Å². The van der Waals surface area contributed by atoms with Crippen molar-refractivity contribution < 1.29 is 9.59 Å². The van der Waals surface area contributed by atoms with Crippen molar-refractivity contribution in [1.29, 1.82) is 0 Å². The van der Waals surface area contributed by atoms with Crippen LogP contribution in [0.25, 0.3) is 0 Å². The van der Waals surface area contributed by atoms with Crippen molar-refractivity contribution in [3.8, 4) is 0 Å². The van der Waals surface area contributed by atoms with E-state index in [1.165, 1.54) is 19.3 Å². The van der Waals surface area contributed by atoms with Crippen molar-refractivity contribution in [3.05, 3.63) is 12.7 Å². The Labute approximate surface area is 157 Å². The number of amides is 2. The van der Waals surface area contributed by atoms with Gasteiger partial charge >= 0.3 is 0 Å². The molecule has 0 aromatic heterocycles. The predicted molar refractivity (Wildman–Crippen MR) is 102 cm³/mol. The third-order valence-corrected chi connectivity index (χ3v) is 8.83. The Hall–Kier alpha value is -1.32. The van der Waals surface area contributed by atoms with Gasteiger partial charge in [0.2, 0.25) is 11.8 Å². The highest BCUT2D eigenvalue weighted by Crippen LogP contribution is 2.65. The minimum Gasteiger partial charge on any atom is -0.353 e. The zero-order valence-corrected chi connectivity index (χ0v) is 16.4. The molecule has 1 aliphatic heterocycles. The average Bonchev–Trinajstić information content (AvgIpc) is 2.97. The first-order valence-electron chi connectivity index (χ1n) is 10.6. The molecule has 4 fully saturated rings. The van der Waals surface area contributed by atoms with Gasteiger partial charge in [0, 0.05) is 24.9 Å². The normalized spacial score (nSPS) is 47.2. The van der Waals surface area contributed by atoms with Crippen LogP contribution in [0.4, 0.5) is 0 Å². The summed E-state index contributed by atoms with van der Waals surface area (Å²) in [5.41, 5.74) is 0.398. The maximum atomic E-state index is 12.7. The molecule has 0 radical (unpaired) electrons. The Kier molecular flexibility index (Phi) is 4.44. The number of hydrogen-bond donors (Lipinski definition) is 2. The second-order valence-corrected chi connectivity index (χ2v) is 9.79. The Morgan fingerprint density at radius 1 is 1.15 bits per heavy atom. The molecule has 0 aromatic rings. The van der Waals surface area contributed by atoms with Gasteiger partial charge < -0.3 is 10.6 Å². The van der Waals surface area contributed by atoms with Gasteiger partial charge in [0.15, 0.2) is 0 Å². The summed E-state index contributed by atoms with van der Waals surface area (Å²) >= 11 is 0. The summed E-state index contributed by atoms with van der Waals surface area (Å²) in [4.78, 5) is 24.6. The molecule has 4 aliphatic rings. The van der Waals surface area contributed by atoms with E-state index in [2.05, 4.69) is 31.1 Å². The minimum absolute atomic E-state index is 0.146. The quantitative estimate of drug-likeness (QED) is 0.760. The first-order chi connectivity index (χ1) is 12.4. The zero-order chi connectivity index (χ0) is 18.5. The van der Waals surface area contributed by atoms with Crippen molar-refractivity contribution in [2.45, 2.75) is 71.3 Å². The van der Waals surface area contributed by atoms with E-state index < -0.39 is 0 Å². The van der Waals surface area contributed by atoms with Crippen LogP contribution in [0.2, 0.25) is 0 Å². The first-order valence-corrected chi connectivity index (χ1v) is 10.6. The lowest BCUT2D eigenvalue weighted by Gasteiger charge is -2.60. The predicted octanol–water partition coefficient (Wildman–Crippen LogP) is 3.43. The molecule has 26 heavy (non-hydrogen) atoms. The molecule has 3 saturated carbocycles. The van der Waals surface area contributed by atoms with Crippen LogP contribution >= 0.6 is 0 Å². The van der Waals surface area contributed by atoms with Crippen LogP contribution in [0, 0.1) is 34.5 Å². The van der Waals surface area contributed by atoms with E-state index in [1.807, 2.05) is 0 Å². The second kappa shape index (κ2) is 6.38. The summed E-state index contributed by atoms with van der Waals surface area (Å²) < 4.78 is 0. The molecule has 7 atom stereocenters. The van der Waals surface area contributed by atoms with E-state index in [1.54, 1.807) is 6.08 Å². The van der Waals surface area contributed by atoms with Gasteiger partial charge in [-0.3, -0.25) is 9.59 Å². The molecule has 2 unspecified atom stereocenters. The van der Waals surface area contributed by atoms with Gasteiger partial charge in [-0.1, -0.05) is 19.9 Å². The van der Waals surface area contributed by atoms with Crippen molar-refractivity contribution >= 4 is 11.8 Å². The number of hydrogen-bond acceptors (Lipinski definition) is 2. The summed E-state index contributed by atoms with van der Waals surface area (Å²) in [7, 11) is 0. The van der Waals surface area contributed by atoms with E-state index in [9.17, 15) is 9.59 Å². The fraction of sp³-hybridized carbons (Fsp3) is 0.818. The first kappa shape index (κ1) is 18.1. The smallest absolute Gasteiger partial charge is 0.223 e. The van der Waals surface area contributed by atoms with E-state index in [0.29, 0.717) is 30.8 Å². The van der Waals surface area contributed by atoms with E-state index >= 15 is 0 Å². The molecule has 1 heterocycles. The highest BCUT2D eigenvalue weighted by Gasteiger charge is 2.61. The van der Waals surface area contributed by atoms with Gasteiger partial charge in [0.25, 0.3) is 0 Å². The summed E-state index contributed by atoms with van der Waals surface area (Å²) in [5, 5.41) is 6.36. The molecule has 4 nitrogen and oxygen atoms in total. The molecule has 4 heteroatoms. The van der Waals surface area contributed by atoms with Crippen LogP contribution in [0.5, 0.6) is 0 Å². The van der Waals surface area contributed by atoms with Gasteiger partial charge in [-0.2, -0.15) is 0 Å². The molecule has 0 aromatic carbocycles. The number of rotatable bonds is 3. The molecule has 2 N–H and O–H groups in total. The molecule has 1 saturated heterocycles. The largest absolute Gasteiger partial charge is 0.353 e. The lowest BCUT2D eigenvalue weighted by Crippen LogP contribution is -2.61. The molecule has 0 bridgehead atoms. The monoisotopic (exact) mass is 358 g/mol. The Morgan fingerprint density at radius 2 is 1.92 bits per heavy atom. The third kappa shape index (κ3) is 2.55. The van der Waals surface area contributed by atoms with Crippen molar-refractivity contribution in [2.75, 3.05) is 6.54 Å². The SMILES string of the molecule is C=CCNC(=O)C1CC[C@H]2[C@@H]3CCC4NC(=O)CC[C@]4(C)[C@@H]3CC[C@]12C. The second-order valence-electron chi connectivity index (χ2n) is 9.79. The number of piperidine rings is 1. The van der Waals surface area contributed by atoms with Crippen molar-refractivity contribution in [3.63, 3.8) is 0 Å². The van der Waals surface area contributed by atoms with Crippen LogP contribution in [0.3, 0.4) is 0 Å². The Balaban J connectivity index is 1.55. The number of carbonyl (C=O) groups excluding carboxylic acids is 2. The fourth-order valence-corrected chi connectivity index (χ4v) is 7.43. The highest BCUT2D eigenvalue weighted by atomic mass is 16.2. The highest BCUT2D eigenvalue weighted by molar-refractivity contribution is 5.80. The van der Waals surface area contributed by atoms with Crippen molar-refractivity contribution in [1.82, 2.24) is 10.6 Å².